The number of ether oxygens (including phenoxy) is 1. The predicted molar refractivity (Wildman–Crippen MR) is 86.6 cm³/mol. The second-order valence-corrected chi connectivity index (χ2v) is 5.65. The van der Waals surface area contributed by atoms with Crippen LogP contribution in [-0.2, 0) is 9.53 Å². The average molecular weight is 308 g/mol. The SMILES string of the molecule is CCC(=O)C[C@H](O)[C@H](CCCC[C@@H](O)c1ccccc1)OC. The zero-order valence-electron chi connectivity index (χ0n) is 13.6. The molecule has 0 saturated carbocycles. The molecule has 0 unspecified atom stereocenters. The zero-order valence-corrected chi connectivity index (χ0v) is 13.6. The van der Waals surface area contributed by atoms with E-state index in [1.807, 2.05) is 30.3 Å². The molecule has 0 amide bonds. The van der Waals surface area contributed by atoms with Crippen LogP contribution in [0.3, 0.4) is 0 Å². The molecule has 0 radical (unpaired) electrons. The Bertz CT molecular complexity index is 418. The summed E-state index contributed by atoms with van der Waals surface area (Å²) in [5.74, 6) is 0.0500. The first kappa shape index (κ1) is 18.8. The van der Waals surface area contributed by atoms with Crippen LogP contribution < -0.4 is 0 Å². The first-order chi connectivity index (χ1) is 10.6. The molecule has 124 valence electrons. The predicted octanol–water partition coefficient (Wildman–Crippen LogP) is 3.03. The second-order valence-electron chi connectivity index (χ2n) is 5.65. The van der Waals surface area contributed by atoms with E-state index in [-0.39, 0.29) is 18.3 Å². The van der Waals surface area contributed by atoms with Crippen molar-refractivity contribution in [3.8, 4) is 0 Å². The Morgan fingerprint density at radius 2 is 1.77 bits per heavy atom. The van der Waals surface area contributed by atoms with Crippen molar-refractivity contribution in [3.63, 3.8) is 0 Å². The molecule has 3 atom stereocenters. The summed E-state index contributed by atoms with van der Waals surface area (Å²) in [6.07, 6.45) is 2.16. The van der Waals surface area contributed by atoms with Gasteiger partial charge in [-0.25, -0.2) is 0 Å². The number of unbranched alkanes of at least 4 members (excludes halogenated alkanes) is 1. The maximum absolute atomic E-state index is 11.4. The van der Waals surface area contributed by atoms with Crippen LogP contribution in [0.15, 0.2) is 30.3 Å². The summed E-state index contributed by atoms with van der Waals surface area (Å²) in [6, 6.07) is 9.60. The maximum atomic E-state index is 11.4. The second kappa shape index (κ2) is 10.5. The van der Waals surface area contributed by atoms with Crippen LogP contribution in [-0.4, -0.2) is 35.3 Å². The molecule has 0 spiro atoms. The summed E-state index contributed by atoms with van der Waals surface area (Å²) in [5.41, 5.74) is 0.930. The highest BCUT2D eigenvalue weighted by Gasteiger charge is 2.20. The van der Waals surface area contributed by atoms with E-state index in [9.17, 15) is 15.0 Å². The minimum absolute atomic E-state index is 0.0500. The Hall–Kier alpha value is -1.23. The number of carbonyl (C=O) groups is 1. The Labute approximate surface area is 133 Å². The quantitative estimate of drug-likeness (QED) is 0.617. The van der Waals surface area contributed by atoms with E-state index in [2.05, 4.69) is 0 Å². The lowest BCUT2D eigenvalue weighted by Gasteiger charge is -2.21. The first-order valence-electron chi connectivity index (χ1n) is 8.04. The molecule has 0 aliphatic carbocycles. The molecule has 0 aliphatic heterocycles. The summed E-state index contributed by atoms with van der Waals surface area (Å²) in [7, 11) is 1.56. The van der Waals surface area contributed by atoms with Crippen molar-refractivity contribution in [2.75, 3.05) is 7.11 Å². The van der Waals surface area contributed by atoms with Crippen LogP contribution in [0, 0.1) is 0 Å². The van der Waals surface area contributed by atoms with E-state index < -0.39 is 12.2 Å². The number of aliphatic hydroxyl groups excluding tert-OH is 2. The van der Waals surface area contributed by atoms with E-state index >= 15 is 0 Å². The van der Waals surface area contributed by atoms with E-state index in [0.717, 1.165) is 18.4 Å². The van der Waals surface area contributed by atoms with Crippen molar-refractivity contribution in [1.29, 1.82) is 0 Å². The van der Waals surface area contributed by atoms with E-state index in [4.69, 9.17) is 4.74 Å². The molecule has 0 saturated heterocycles. The van der Waals surface area contributed by atoms with Gasteiger partial charge >= 0.3 is 0 Å². The molecular weight excluding hydrogens is 280 g/mol. The largest absolute Gasteiger partial charge is 0.390 e. The molecule has 1 aromatic rings. The molecule has 4 nitrogen and oxygen atoms in total. The van der Waals surface area contributed by atoms with Gasteiger partial charge in [0.25, 0.3) is 0 Å². The third-order valence-corrected chi connectivity index (χ3v) is 3.96. The minimum Gasteiger partial charge on any atom is -0.390 e. The Morgan fingerprint density at radius 1 is 1.14 bits per heavy atom. The average Bonchev–Trinajstić information content (AvgIpc) is 2.55. The lowest BCUT2D eigenvalue weighted by atomic mass is 9.98. The van der Waals surface area contributed by atoms with Gasteiger partial charge in [-0.15, -0.1) is 0 Å². The lowest BCUT2D eigenvalue weighted by Crippen LogP contribution is -2.30. The first-order valence-corrected chi connectivity index (χ1v) is 8.04. The molecule has 0 heterocycles. The molecule has 2 N–H and O–H groups in total. The van der Waals surface area contributed by atoms with Crippen LogP contribution in [0.25, 0.3) is 0 Å². The number of rotatable bonds is 11. The van der Waals surface area contributed by atoms with Gasteiger partial charge in [-0.2, -0.15) is 0 Å². The maximum Gasteiger partial charge on any atom is 0.135 e. The summed E-state index contributed by atoms with van der Waals surface area (Å²) in [4.78, 5) is 11.4. The number of ketones is 1. The molecular formula is C18H28O4. The van der Waals surface area contributed by atoms with Crippen molar-refractivity contribution >= 4 is 5.78 Å². The van der Waals surface area contributed by atoms with Crippen molar-refractivity contribution in [2.45, 2.75) is 63.8 Å². The van der Waals surface area contributed by atoms with Gasteiger partial charge in [0.1, 0.15) is 5.78 Å². The zero-order chi connectivity index (χ0) is 16.4. The third kappa shape index (κ3) is 6.69. The van der Waals surface area contributed by atoms with Gasteiger partial charge in [0.2, 0.25) is 0 Å². The molecule has 1 rings (SSSR count). The van der Waals surface area contributed by atoms with Gasteiger partial charge in [-0.1, -0.05) is 50.1 Å². The van der Waals surface area contributed by atoms with Crippen LogP contribution in [0.5, 0.6) is 0 Å². The Morgan fingerprint density at radius 3 is 2.36 bits per heavy atom. The third-order valence-electron chi connectivity index (χ3n) is 3.96. The topological polar surface area (TPSA) is 66.8 Å². The summed E-state index contributed by atoms with van der Waals surface area (Å²) < 4.78 is 5.28. The molecule has 1 aromatic carbocycles. The summed E-state index contributed by atoms with van der Waals surface area (Å²) in [5, 5.41) is 20.1. The number of aliphatic hydroxyl groups is 2. The minimum atomic E-state index is -0.739. The fourth-order valence-corrected chi connectivity index (χ4v) is 2.50. The molecule has 0 aliphatic rings. The van der Waals surface area contributed by atoms with Crippen molar-refractivity contribution < 1.29 is 19.7 Å². The Balaban J connectivity index is 2.28. The molecule has 22 heavy (non-hydrogen) atoms. The summed E-state index contributed by atoms with van der Waals surface area (Å²) in [6.45, 7) is 1.79. The number of hydrogen-bond donors (Lipinski definition) is 2. The normalized spacial score (nSPS) is 15.3. The Kier molecular flexibility index (Phi) is 8.97. The van der Waals surface area contributed by atoms with Gasteiger partial charge in [0.05, 0.1) is 18.3 Å². The smallest absolute Gasteiger partial charge is 0.135 e. The lowest BCUT2D eigenvalue weighted by molar-refractivity contribution is -0.123. The van der Waals surface area contributed by atoms with E-state index in [1.54, 1.807) is 14.0 Å². The monoisotopic (exact) mass is 308 g/mol. The fraction of sp³-hybridized carbons (Fsp3) is 0.611. The molecule has 0 aromatic heterocycles. The number of benzene rings is 1. The highest BCUT2D eigenvalue weighted by Crippen LogP contribution is 2.20. The van der Waals surface area contributed by atoms with Crippen molar-refractivity contribution in [1.82, 2.24) is 0 Å². The highest BCUT2D eigenvalue weighted by atomic mass is 16.5. The van der Waals surface area contributed by atoms with Gasteiger partial charge in [-0.3, -0.25) is 4.79 Å². The van der Waals surface area contributed by atoms with Gasteiger partial charge in [0, 0.05) is 20.0 Å². The van der Waals surface area contributed by atoms with E-state index in [0.29, 0.717) is 19.3 Å². The molecule has 4 heteroatoms. The molecule has 0 fully saturated rings. The van der Waals surface area contributed by atoms with Crippen molar-refractivity contribution in [2.24, 2.45) is 0 Å². The van der Waals surface area contributed by atoms with Crippen LogP contribution in [0.1, 0.15) is 57.1 Å². The highest BCUT2D eigenvalue weighted by molar-refractivity contribution is 5.78. The van der Waals surface area contributed by atoms with Crippen LogP contribution >= 0.6 is 0 Å². The number of methoxy groups -OCH3 is 1. The van der Waals surface area contributed by atoms with Gasteiger partial charge in [-0.05, 0) is 18.4 Å². The molecule has 0 bridgehead atoms. The van der Waals surface area contributed by atoms with Gasteiger partial charge < -0.3 is 14.9 Å². The van der Waals surface area contributed by atoms with Crippen LogP contribution in [0.2, 0.25) is 0 Å². The number of hydrogen-bond acceptors (Lipinski definition) is 4. The summed E-state index contributed by atoms with van der Waals surface area (Å²) >= 11 is 0. The van der Waals surface area contributed by atoms with Crippen molar-refractivity contribution in [3.05, 3.63) is 35.9 Å². The standard InChI is InChI=1S/C18H28O4/c1-3-15(19)13-17(21)18(22-2)12-8-7-11-16(20)14-9-5-4-6-10-14/h4-6,9-10,16-18,20-21H,3,7-8,11-13H2,1-2H3/t16-,17+,18+/m1/s1. The number of Topliss-reactive ketones (excluding diaryl/α,β-unsaturated/α-hetero) is 1. The van der Waals surface area contributed by atoms with Crippen LogP contribution in [0.4, 0.5) is 0 Å². The fourth-order valence-electron chi connectivity index (χ4n) is 2.50. The number of carbonyl (C=O) groups excluding carboxylic acids is 1. The van der Waals surface area contributed by atoms with Gasteiger partial charge in [0.15, 0.2) is 0 Å². The van der Waals surface area contributed by atoms with E-state index in [1.165, 1.54) is 0 Å².